The molecule has 5 unspecified atom stereocenters. The largest absolute Gasteiger partial charge is 0.485 e. The molecular weight excluding hydrogens is 639 g/mol. The maximum Gasteiger partial charge on any atom is 0.139 e. The lowest BCUT2D eigenvalue weighted by atomic mass is 9.89. The summed E-state index contributed by atoms with van der Waals surface area (Å²) in [6.07, 6.45) is 23.1. The number of allylic oxidation sites excluding steroid dienone is 9. The van der Waals surface area contributed by atoms with Gasteiger partial charge < -0.3 is 14.1 Å². The molecule has 51 heavy (non-hydrogen) atoms. The first kappa shape index (κ1) is 29.2. The Morgan fingerprint density at radius 2 is 1.65 bits per heavy atom. The highest BCUT2D eigenvalue weighted by atomic mass is 28.3. The van der Waals surface area contributed by atoms with Crippen LogP contribution in [0.4, 0.5) is 5.69 Å². The summed E-state index contributed by atoms with van der Waals surface area (Å²) in [5.74, 6) is 1.56. The first-order chi connectivity index (χ1) is 25.2. The maximum atomic E-state index is 6.62. The minimum absolute atomic E-state index is 0.0666. The number of benzene rings is 5. The molecule has 0 N–H and O–H groups in total. The molecule has 4 heteroatoms. The third-order valence-corrected chi connectivity index (χ3v) is 15.2. The standard InChI is InChI=1S/C47H37NO2Si/c1-51-44-25-23-38-36-15-4-7-19-42(36)50-47(38)46(44)39-22-20-33(28-45(39)51)48(32-21-24-43-40(27-32)37-16-5-6-18-41(37)49-43)31-13-8-12-30(26-31)35-17-9-11-29-10-2-3-14-34(29)35/h2-7,9-12,14-28,37,39,41,45,51H,8,13H2,1H3. The van der Waals surface area contributed by atoms with E-state index in [9.17, 15) is 0 Å². The first-order valence-electron chi connectivity index (χ1n) is 18.4. The monoisotopic (exact) mass is 675 g/mol. The van der Waals surface area contributed by atoms with Crippen LogP contribution in [0.1, 0.15) is 41.4 Å². The average molecular weight is 676 g/mol. The van der Waals surface area contributed by atoms with Crippen LogP contribution in [0.3, 0.4) is 0 Å². The molecule has 3 aliphatic carbocycles. The van der Waals surface area contributed by atoms with Crippen LogP contribution in [0, 0.1) is 0 Å². The summed E-state index contributed by atoms with van der Waals surface area (Å²) < 4.78 is 13.0. The van der Waals surface area contributed by atoms with E-state index in [1.807, 2.05) is 0 Å². The van der Waals surface area contributed by atoms with Gasteiger partial charge in [-0.15, -0.1) is 0 Å². The van der Waals surface area contributed by atoms with Crippen molar-refractivity contribution in [2.24, 2.45) is 0 Å². The lowest BCUT2D eigenvalue weighted by Gasteiger charge is -2.34. The highest BCUT2D eigenvalue weighted by Gasteiger charge is 2.41. The van der Waals surface area contributed by atoms with E-state index in [2.05, 4.69) is 163 Å². The summed E-state index contributed by atoms with van der Waals surface area (Å²) in [5.41, 5.74) is 11.6. The van der Waals surface area contributed by atoms with E-state index in [-0.39, 0.29) is 12.0 Å². The van der Waals surface area contributed by atoms with Crippen molar-refractivity contribution in [2.45, 2.75) is 42.9 Å². The number of hydrogen-bond donors (Lipinski definition) is 0. The number of hydrogen-bond acceptors (Lipinski definition) is 3. The first-order valence-corrected chi connectivity index (χ1v) is 20.8. The molecule has 5 atom stereocenters. The summed E-state index contributed by atoms with van der Waals surface area (Å²) in [6.45, 7) is 2.53. The molecule has 0 fully saturated rings. The molecule has 3 nitrogen and oxygen atoms in total. The van der Waals surface area contributed by atoms with E-state index in [0.29, 0.717) is 11.5 Å². The molecule has 11 rings (SSSR count). The van der Waals surface area contributed by atoms with Crippen molar-refractivity contribution in [3.63, 3.8) is 0 Å². The van der Waals surface area contributed by atoms with Crippen molar-refractivity contribution in [2.75, 3.05) is 4.90 Å². The number of rotatable bonds is 4. The van der Waals surface area contributed by atoms with Crippen LogP contribution in [0.2, 0.25) is 12.1 Å². The number of fused-ring (bicyclic) bond motifs is 11. The third-order valence-electron chi connectivity index (χ3n) is 12.0. The molecule has 6 aromatic rings. The Bertz CT molecular complexity index is 2630. The van der Waals surface area contributed by atoms with Crippen molar-refractivity contribution in [3.05, 3.63) is 180 Å². The number of ether oxygens (including phenoxy) is 1. The van der Waals surface area contributed by atoms with Crippen LogP contribution >= 0.6 is 0 Å². The van der Waals surface area contributed by atoms with Crippen molar-refractivity contribution < 1.29 is 9.15 Å². The van der Waals surface area contributed by atoms with Gasteiger partial charge in [0.1, 0.15) is 23.0 Å². The Morgan fingerprint density at radius 1 is 0.784 bits per heavy atom. The lowest BCUT2D eigenvalue weighted by Crippen LogP contribution is -2.28. The van der Waals surface area contributed by atoms with Gasteiger partial charge in [0.15, 0.2) is 0 Å². The molecule has 1 aromatic heterocycles. The number of anilines is 1. The molecule has 0 bridgehead atoms. The van der Waals surface area contributed by atoms with Gasteiger partial charge >= 0.3 is 0 Å². The normalized spacial score (nSPS) is 24.1. The Labute approximate surface area is 299 Å². The Morgan fingerprint density at radius 3 is 2.61 bits per heavy atom. The molecular formula is C47H37NO2Si. The van der Waals surface area contributed by atoms with Crippen molar-refractivity contribution in [1.82, 2.24) is 0 Å². The molecule has 0 spiro atoms. The van der Waals surface area contributed by atoms with Gasteiger partial charge in [0, 0.05) is 50.8 Å². The van der Waals surface area contributed by atoms with Gasteiger partial charge in [-0.2, -0.15) is 0 Å². The zero-order valence-corrected chi connectivity index (χ0v) is 29.7. The summed E-state index contributed by atoms with van der Waals surface area (Å²) in [4.78, 5) is 2.56. The fraction of sp³-hybridized carbons (Fsp3) is 0.149. The zero-order chi connectivity index (χ0) is 33.6. The van der Waals surface area contributed by atoms with Gasteiger partial charge in [0.25, 0.3) is 0 Å². The third kappa shape index (κ3) is 4.42. The molecule has 246 valence electrons. The van der Waals surface area contributed by atoms with E-state index < -0.39 is 8.80 Å². The number of furan rings is 1. The van der Waals surface area contributed by atoms with Crippen LogP contribution in [0.25, 0.3) is 38.3 Å². The van der Waals surface area contributed by atoms with E-state index in [1.165, 1.54) is 60.9 Å². The lowest BCUT2D eigenvalue weighted by molar-refractivity contribution is 0.269. The smallest absolute Gasteiger partial charge is 0.139 e. The second kappa shape index (κ2) is 11.2. The average Bonchev–Trinajstić information content (AvgIpc) is 3.84. The zero-order valence-electron chi connectivity index (χ0n) is 28.5. The molecule has 5 aromatic carbocycles. The summed E-state index contributed by atoms with van der Waals surface area (Å²) in [6, 6.07) is 35.5. The van der Waals surface area contributed by atoms with Crippen molar-refractivity contribution in [1.29, 1.82) is 0 Å². The van der Waals surface area contributed by atoms with Gasteiger partial charge in [-0.1, -0.05) is 121 Å². The van der Waals surface area contributed by atoms with Gasteiger partial charge in [-0.3, -0.25) is 0 Å². The van der Waals surface area contributed by atoms with E-state index in [1.54, 1.807) is 5.19 Å². The molecule has 0 saturated heterocycles. The van der Waals surface area contributed by atoms with E-state index in [0.717, 1.165) is 29.8 Å². The SMILES string of the molecule is C[SiH]1c2ccc3c(oc4ccccc43)c2C2C=CC(N(C3=CC(c4cccc5ccccc45)=CCC3)c3ccc4c(c3)C3C=CC=CC3O4)=CC21. The van der Waals surface area contributed by atoms with Crippen LogP contribution in [0.5, 0.6) is 5.75 Å². The molecule has 0 saturated carbocycles. The maximum absolute atomic E-state index is 6.62. The fourth-order valence-corrected chi connectivity index (χ4v) is 12.6. The second-order valence-electron chi connectivity index (χ2n) is 14.7. The van der Waals surface area contributed by atoms with Crippen molar-refractivity contribution >= 4 is 58.0 Å². The fourth-order valence-electron chi connectivity index (χ4n) is 9.53. The van der Waals surface area contributed by atoms with Gasteiger partial charge in [-0.25, -0.2) is 0 Å². The van der Waals surface area contributed by atoms with Gasteiger partial charge in [-0.05, 0) is 82.8 Å². The topological polar surface area (TPSA) is 25.6 Å². The predicted octanol–water partition coefficient (Wildman–Crippen LogP) is 11.0. The molecule has 0 amide bonds. The molecule has 2 aliphatic heterocycles. The van der Waals surface area contributed by atoms with Crippen LogP contribution in [-0.4, -0.2) is 14.9 Å². The Kier molecular flexibility index (Phi) is 6.41. The van der Waals surface area contributed by atoms with E-state index >= 15 is 0 Å². The van der Waals surface area contributed by atoms with Crippen molar-refractivity contribution in [3.8, 4) is 5.75 Å². The quantitative estimate of drug-likeness (QED) is 0.174. The summed E-state index contributed by atoms with van der Waals surface area (Å²) >= 11 is 0. The van der Waals surface area contributed by atoms with Gasteiger partial charge in [0.2, 0.25) is 0 Å². The number of nitrogens with zero attached hydrogens (tertiary/aromatic N) is 1. The Hall–Kier alpha value is -5.58. The van der Waals surface area contributed by atoms with Crippen LogP contribution < -0.4 is 14.8 Å². The minimum Gasteiger partial charge on any atom is -0.485 e. The highest BCUT2D eigenvalue weighted by molar-refractivity contribution is 6.76. The summed E-state index contributed by atoms with van der Waals surface area (Å²) in [7, 11) is -1.36. The van der Waals surface area contributed by atoms with Crippen LogP contribution in [-0.2, 0) is 0 Å². The molecule has 5 aliphatic rings. The molecule has 3 heterocycles. The van der Waals surface area contributed by atoms with E-state index in [4.69, 9.17) is 9.15 Å². The highest BCUT2D eigenvalue weighted by Crippen LogP contribution is 2.50. The molecule has 0 radical (unpaired) electrons. The minimum atomic E-state index is -1.36. The van der Waals surface area contributed by atoms with Gasteiger partial charge in [0.05, 0.1) is 8.80 Å². The predicted molar refractivity (Wildman–Crippen MR) is 214 cm³/mol. The Balaban J connectivity index is 1.04. The second-order valence-corrected chi connectivity index (χ2v) is 17.7. The summed E-state index contributed by atoms with van der Waals surface area (Å²) in [5, 5.41) is 6.56. The van der Waals surface area contributed by atoms with Crippen LogP contribution in [0.15, 0.2) is 168 Å². The number of para-hydroxylation sites is 1.